The van der Waals surface area contributed by atoms with E-state index < -0.39 is 0 Å². The van der Waals surface area contributed by atoms with Crippen molar-refractivity contribution in [2.45, 2.75) is 52.4 Å². The van der Waals surface area contributed by atoms with Crippen LogP contribution in [-0.4, -0.2) is 40.5 Å². The summed E-state index contributed by atoms with van der Waals surface area (Å²) in [6.07, 6.45) is 4.67. The van der Waals surface area contributed by atoms with Gasteiger partial charge in [-0.3, -0.25) is 4.90 Å². The fraction of sp³-hybridized carbons (Fsp3) is 0.579. The van der Waals surface area contributed by atoms with E-state index in [0.29, 0.717) is 6.67 Å². The van der Waals surface area contributed by atoms with E-state index in [1.807, 2.05) is 16.8 Å². The number of methoxy groups -OCH3 is 2. The van der Waals surface area contributed by atoms with Crippen LogP contribution in [0.15, 0.2) is 12.1 Å². The first-order valence-electron chi connectivity index (χ1n) is 9.10. The van der Waals surface area contributed by atoms with E-state index in [2.05, 4.69) is 23.4 Å². The molecule has 0 N–H and O–H groups in total. The molecule has 26 heavy (non-hydrogen) atoms. The van der Waals surface area contributed by atoms with E-state index in [1.54, 1.807) is 14.2 Å². The molecule has 1 aromatic heterocycles. The molecule has 1 aromatic carbocycles. The van der Waals surface area contributed by atoms with Gasteiger partial charge in [0.1, 0.15) is 5.82 Å². The maximum Gasteiger partial charge on any atom is 0.199 e. The number of rotatable bonds is 6. The minimum Gasteiger partial charge on any atom is -0.493 e. The van der Waals surface area contributed by atoms with Gasteiger partial charge < -0.3 is 14.0 Å². The van der Waals surface area contributed by atoms with Gasteiger partial charge in [-0.15, -0.1) is 0 Å². The zero-order valence-electron chi connectivity index (χ0n) is 16.1. The lowest BCUT2D eigenvalue weighted by atomic mass is 10.1. The second-order valence-electron chi connectivity index (χ2n) is 6.95. The molecule has 0 saturated carbocycles. The Hall–Kier alpha value is -1.86. The Morgan fingerprint density at radius 2 is 1.88 bits per heavy atom. The summed E-state index contributed by atoms with van der Waals surface area (Å²) in [5.41, 5.74) is 2.39. The van der Waals surface area contributed by atoms with Crippen molar-refractivity contribution >= 4 is 12.2 Å². The molecule has 2 aromatic rings. The number of ether oxygens (including phenoxy) is 2. The van der Waals surface area contributed by atoms with E-state index in [9.17, 15) is 0 Å². The molecule has 0 saturated heterocycles. The Balaban J connectivity index is 1.76. The van der Waals surface area contributed by atoms with Crippen molar-refractivity contribution in [2.75, 3.05) is 21.3 Å². The van der Waals surface area contributed by atoms with Gasteiger partial charge in [-0.25, -0.2) is 4.68 Å². The van der Waals surface area contributed by atoms with Crippen molar-refractivity contribution in [3.63, 3.8) is 0 Å². The quantitative estimate of drug-likeness (QED) is 0.722. The Bertz CT molecular complexity index is 828. The number of hydrogen-bond acceptors (Lipinski definition) is 5. The number of hydrogen-bond donors (Lipinski definition) is 0. The van der Waals surface area contributed by atoms with Gasteiger partial charge in [-0.1, -0.05) is 6.42 Å². The largest absolute Gasteiger partial charge is 0.493 e. The van der Waals surface area contributed by atoms with E-state index in [-0.39, 0.29) is 0 Å². The molecule has 1 aliphatic rings. The minimum atomic E-state index is 0.673. The highest BCUT2D eigenvalue weighted by molar-refractivity contribution is 7.71. The smallest absolute Gasteiger partial charge is 0.199 e. The maximum atomic E-state index is 5.65. The lowest BCUT2D eigenvalue weighted by molar-refractivity contribution is 0.242. The average molecular weight is 377 g/mol. The Morgan fingerprint density at radius 3 is 2.62 bits per heavy atom. The number of benzene rings is 1. The van der Waals surface area contributed by atoms with Gasteiger partial charge in [0, 0.05) is 19.5 Å². The average Bonchev–Trinajstić information content (AvgIpc) is 2.79. The zero-order valence-corrected chi connectivity index (χ0v) is 16.9. The topological polar surface area (TPSA) is 44.5 Å². The van der Waals surface area contributed by atoms with Gasteiger partial charge in [-0.2, -0.15) is 5.10 Å². The summed E-state index contributed by atoms with van der Waals surface area (Å²) in [4.78, 5) is 2.22. The maximum absolute atomic E-state index is 5.65. The highest BCUT2D eigenvalue weighted by atomic mass is 32.1. The summed E-state index contributed by atoms with van der Waals surface area (Å²) in [7, 11) is 5.41. The molecule has 0 amide bonds. The van der Waals surface area contributed by atoms with Crippen molar-refractivity contribution in [3.8, 4) is 11.5 Å². The molecule has 0 aliphatic carbocycles. The van der Waals surface area contributed by atoms with Crippen molar-refractivity contribution in [2.24, 2.45) is 0 Å². The summed E-state index contributed by atoms with van der Waals surface area (Å²) >= 11 is 5.65. The fourth-order valence-corrected chi connectivity index (χ4v) is 3.78. The van der Waals surface area contributed by atoms with Gasteiger partial charge in [0.25, 0.3) is 0 Å². The van der Waals surface area contributed by atoms with E-state index in [1.165, 1.54) is 30.4 Å². The lowest BCUT2D eigenvalue weighted by Gasteiger charge is -2.19. The van der Waals surface area contributed by atoms with Crippen LogP contribution in [0.3, 0.4) is 0 Å². The van der Waals surface area contributed by atoms with Crippen molar-refractivity contribution in [1.29, 1.82) is 0 Å². The molecule has 0 fully saturated rings. The SMILES string of the molecule is COc1cc(C)c(CN(C)Cn2nc3n(c2=S)CCCCC3)cc1OC. The standard InChI is InChI=1S/C19H28N4O2S/c1-14-10-16(24-3)17(25-4)11-15(14)12-21(2)13-23-19(26)22-9-7-5-6-8-18(22)20-23/h10-11H,5-9,12-13H2,1-4H3. The second-order valence-corrected chi connectivity index (χ2v) is 7.32. The predicted molar refractivity (Wildman–Crippen MR) is 104 cm³/mol. The summed E-state index contributed by atoms with van der Waals surface area (Å²) in [6.45, 7) is 4.55. The van der Waals surface area contributed by atoms with Crippen molar-refractivity contribution in [1.82, 2.24) is 19.2 Å². The Kier molecular flexibility index (Phi) is 5.98. The molecule has 0 bridgehead atoms. The zero-order chi connectivity index (χ0) is 18.7. The molecular weight excluding hydrogens is 348 g/mol. The van der Waals surface area contributed by atoms with Gasteiger partial charge in [0.05, 0.1) is 20.9 Å². The normalized spacial score (nSPS) is 14.2. The van der Waals surface area contributed by atoms with Gasteiger partial charge >= 0.3 is 0 Å². The van der Waals surface area contributed by atoms with Crippen LogP contribution in [0.4, 0.5) is 0 Å². The summed E-state index contributed by atoms with van der Waals surface area (Å²) < 4.78 is 15.8. The monoisotopic (exact) mass is 376 g/mol. The van der Waals surface area contributed by atoms with E-state index >= 15 is 0 Å². The third-order valence-corrected chi connectivity index (χ3v) is 5.37. The lowest BCUT2D eigenvalue weighted by Crippen LogP contribution is -2.23. The van der Waals surface area contributed by atoms with Crippen LogP contribution in [0.5, 0.6) is 11.5 Å². The number of nitrogens with zero attached hydrogens (tertiary/aromatic N) is 4. The molecule has 0 spiro atoms. The Labute approximate surface area is 160 Å². The number of aryl methyl sites for hydroxylation is 2. The second kappa shape index (κ2) is 8.22. The van der Waals surface area contributed by atoms with Crippen LogP contribution in [0, 0.1) is 11.7 Å². The Morgan fingerprint density at radius 1 is 1.15 bits per heavy atom. The van der Waals surface area contributed by atoms with Crippen LogP contribution >= 0.6 is 12.2 Å². The first kappa shape index (κ1) is 18.9. The van der Waals surface area contributed by atoms with Gasteiger partial charge in [0.2, 0.25) is 0 Å². The molecule has 1 aliphatic heterocycles. The number of aromatic nitrogens is 3. The molecule has 0 radical (unpaired) electrons. The van der Waals surface area contributed by atoms with Crippen LogP contribution in [0.25, 0.3) is 0 Å². The third-order valence-electron chi connectivity index (χ3n) is 4.94. The molecular formula is C19H28N4O2S. The first-order valence-corrected chi connectivity index (χ1v) is 9.51. The van der Waals surface area contributed by atoms with E-state index in [4.69, 9.17) is 26.8 Å². The molecule has 3 rings (SSSR count). The molecule has 142 valence electrons. The van der Waals surface area contributed by atoms with Crippen LogP contribution in [0.1, 0.15) is 36.2 Å². The number of fused-ring (bicyclic) bond motifs is 1. The van der Waals surface area contributed by atoms with Crippen LogP contribution in [0.2, 0.25) is 0 Å². The third kappa shape index (κ3) is 3.94. The predicted octanol–water partition coefficient (Wildman–Crippen LogP) is 3.56. The summed E-state index contributed by atoms with van der Waals surface area (Å²) in [5, 5.41) is 4.76. The van der Waals surface area contributed by atoms with Gasteiger partial charge in [-0.05, 0) is 62.3 Å². The molecule has 6 nitrogen and oxygen atoms in total. The summed E-state index contributed by atoms with van der Waals surface area (Å²) in [5.74, 6) is 2.64. The molecule has 0 unspecified atom stereocenters. The van der Waals surface area contributed by atoms with Crippen molar-refractivity contribution < 1.29 is 9.47 Å². The fourth-order valence-electron chi connectivity index (χ4n) is 3.48. The first-order chi connectivity index (χ1) is 12.5. The molecule has 0 atom stereocenters. The molecule has 2 heterocycles. The minimum absolute atomic E-state index is 0.673. The van der Waals surface area contributed by atoms with Crippen LogP contribution in [-0.2, 0) is 26.2 Å². The van der Waals surface area contributed by atoms with Crippen LogP contribution < -0.4 is 9.47 Å². The molecule has 7 heteroatoms. The van der Waals surface area contributed by atoms with Gasteiger partial charge in [0.15, 0.2) is 16.3 Å². The van der Waals surface area contributed by atoms with Crippen molar-refractivity contribution in [3.05, 3.63) is 33.9 Å². The summed E-state index contributed by atoms with van der Waals surface area (Å²) in [6, 6.07) is 4.07. The highest BCUT2D eigenvalue weighted by Crippen LogP contribution is 2.30. The highest BCUT2D eigenvalue weighted by Gasteiger charge is 2.15. The van der Waals surface area contributed by atoms with E-state index in [0.717, 1.165) is 41.6 Å².